The molecule has 0 saturated heterocycles. The highest BCUT2D eigenvalue weighted by Gasteiger charge is 2.40. The van der Waals surface area contributed by atoms with E-state index in [2.05, 4.69) is 11.4 Å². The van der Waals surface area contributed by atoms with Gasteiger partial charge in [-0.15, -0.1) is 0 Å². The van der Waals surface area contributed by atoms with E-state index in [9.17, 15) is 19.6 Å². The van der Waals surface area contributed by atoms with Gasteiger partial charge in [-0.1, -0.05) is 30.3 Å². The molecule has 140 valence electrons. The summed E-state index contributed by atoms with van der Waals surface area (Å²) < 4.78 is 0. The first-order valence-corrected chi connectivity index (χ1v) is 9.31. The number of benzene rings is 2. The molecule has 2 aromatic carbocycles. The molecular formula is C22H19N3O3. The number of rotatable bonds is 5. The Labute approximate surface area is 162 Å². The van der Waals surface area contributed by atoms with Gasteiger partial charge in [0.2, 0.25) is 0 Å². The highest BCUT2D eigenvalue weighted by Crippen LogP contribution is 2.31. The fourth-order valence-corrected chi connectivity index (χ4v) is 3.61. The minimum Gasteiger partial charge on any atom is -0.334 e. The molecule has 1 heterocycles. The lowest BCUT2D eigenvalue weighted by Gasteiger charge is -2.35. The van der Waals surface area contributed by atoms with Crippen LogP contribution in [0.5, 0.6) is 0 Å². The van der Waals surface area contributed by atoms with Crippen molar-refractivity contribution in [1.29, 1.82) is 5.26 Å². The molecule has 1 saturated carbocycles. The number of amides is 3. The van der Waals surface area contributed by atoms with E-state index in [1.54, 1.807) is 0 Å². The fraction of sp³-hybridized carbons (Fsp3) is 0.273. The monoisotopic (exact) mass is 373 g/mol. The fourth-order valence-electron chi connectivity index (χ4n) is 3.61. The number of fused-ring (bicyclic) bond motifs is 1. The molecule has 6 heteroatoms. The molecule has 0 spiro atoms. The van der Waals surface area contributed by atoms with E-state index in [1.165, 1.54) is 23.1 Å². The van der Waals surface area contributed by atoms with E-state index in [0.29, 0.717) is 24.8 Å². The van der Waals surface area contributed by atoms with Crippen LogP contribution in [0.4, 0.5) is 0 Å². The number of carbonyl (C=O) groups is 3. The van der Waals surface area contributed by atoms with E-state index in [-0.39, 0.29) is 29.5 Å². The Kier molecular flexibility index (Phi) is 4.44. The van der Waals surface area contributed by atoms with Gasteiger partial charge in [-0.2, -0.15) is 5.26 Å². The van der Waals surface area contributed by atoms with E-state index in [0.717, 1.165) is 12.0 Å². The number of nitrogens with zero attached hydrogens (tertiary/aromatic N) is 2. The third kappa shape index (κ3) is 3.05. The van der Waals surface area contributed by atoms with Gasteiger partial charge in [0, 0.05) is 12.1 Å². The summed E-state index contributed by atoms with van der Waals surface area (Å²) in [7, 11) is 0. The largest absolute Gasteiger partial charge is 0.334 e. The van der Waals surface area contributed by atoms with E-state index in [1.807, 2.05) is 30.3 Å². The summed E-state index contributed by atoms with van der Waals surface area (Å²) in [5.74, 6) is -1.12. The van der Waals surface area contributed by atoms with Crippen molar-refractivity contribution < 1.29 is 14.4 Å². The second-order valence-electron chi connectivity index (χ2n) is 7.26. The zero-order valence-corrected chi connectivity index (χ0v) is 15.3. The van der Waals surface area contributed by atoms with Crippen molar-refractivity contribution in [3.05, 3.63) is 70.8 Å². The SMILES string of the molecule is N#CC1(NC(=O)c2ccc3c(c2)C(=O)N(CCc2ccccc2)C3=O)CCC1. The van der Waals surface area contributed by atoms with Gasteiger partial charge in [-0.05, 0) is 49.4 Å². The zero-order valence-electron chi connectivity index (χ0n) is 15.3. The van der Waals surface area contributed by atoms with Gasteiger partial charge in [0.1, 0.15) is 5.54 Å². The summed E-state index contributed by atoms with van der Waals surface area (Å²) in [6.45, 7) is 0.287. The second kappa shape index (κ2) is 6.93. The van der Waals surface area contributed by atoms with Crippen LogP contribution in [0.2, 0.25) is 0 Å². The van der Waals surface area contributed by atoms with Crippen molar-refractivity contribution in [2.75, 3.05) is 6.54 Å². The smallest absolute Gasteiger partial charge is 0.261 e. The third-order valence-corrected chi connectivity index (χ3v) is 5.47. The zero-order chi connectivity index (χ0) is 19.7. The van der Waals surface area contributed by atoms with Crippen LogP contribution in [0.3, 0.4) is 0 Å². The molecule has 0 bridgehead atoms. The second-order valence-corrected chi connectivity index (χ2v) is 7.26. The standard InChI is InChI=1S/C22H19N3O3/c23-14-22(10-4-11-22)24-19(26)16-7-8-17-18(13-16)21(28)25(20(17)27)12-9-15-5-2-1-3-6-15/h1-3,5-8,13H,4,9-12H2,(H,24,26). The molecule has 3 amide bonds. The molecular weight excluding hydrogens is 354 g/mol. The van der Waals surface area contributed by atoms with Crippen LogP contribution in [-0.2, 0) is 6.42 Å². The molecule has 1 aliphatic carbocycles. The van der Waals surface area contributed by atoms with Crippen molar-refractivity contribution in [2.24, 2.45) is 0 Å². The van der Waals surface area contributed by atoms with Gasteiger partial charge < -0.3 is 5.32 Å². The molecule has 0 unspecified atom stereocenters. The van der Waals surface area contributed by atoms with Gasteiger partial charge in [-0.25, -0.2) is 0 Å². The average Bonchev–Trinajstić information content (AvgIpc) is 2.93. The van der Waals surface area contributed by atoms with Crippen LogP contribution >= 0.6 is 0 Å². The first-order valence-electron chi connectivity index (χ1n) is 9.31. The third-order valence-electron chi connectivity index (χ3n) is 5.47. The molecule has 1 aliphatic heterocycles. The Bertz CT molecular complexity index is 1000. The molecule has 0 aromatic heterocycles. The van der Waals surface area contributed by atoms with Gasteiger partial charge in [0.25, 0.3) is 17.7 Å². The normalized spacial score (nSPS) is 16.9. The highest BCUT2D eigenvalue weighted by molar-refractivity contribution is 6.22. The topological polar surface area (TPSA) is 90.3 Å². The number of hydrogen-bond acceptors (Lipinski definition) is 4. The Balaban J connectivity index is 1.51. The van der Waals surface area contributed by atoms with Crippen LogP contribution in [0.15, 0.2) is 48.5 Å². The maximum Gasteiger partial charge on any atom is 0.261 e. The number of nitrogens with one attached hydrogen (secondary N) is 1. The first kappa shape index (κ1) is 17.9. The van der Waals surface area contributed by atoms with Crippen molar-refractivity contribution in [3.8, 4) is 6.07 Å². The van der Waals surface area contributed by atoms with Crippen molar-refractivity contribution >= 4 is 17.7 Å². The molecule has 2 aliphatic rings. The minimum atomic E-state index is -0.808. The Morgan fingerprint density at radius 2 is 1.79 bits per heavy atom. The molecule has 1 fully saturated rings. The summed E-state index contributed by atoms with van der Waals surface area (Å²) >= 11 is 0. The van der Waals surface area contributed by atoms with Gasteiger partial charge in [0.05, 0.1) is 17.2 Å². The van der Waals surface area contributed by atoms with Crippen LogP contribution in [-0.4, -0.2) is 34.7 Å². The molecule has 1 N–H and O–H groups in total. The first-order chi connectivity index (χ1) is 13.5. The molecule has 28 heavy (non-hydrogen) atoms. The van der Waals surface area contributed by atoms with E-state index >= 15 is 0 Å². The summed E-state index contributed by atoms with van der Waals surface area (Å²) in [5.41, 5.74) is 1.07. The predicted octanol–water partition coefficient (Wildman–Crippen LogP) is 2.70. The quantitative estimate of drug-likeness (QED) is 0.816. The van der Waals surface area contributed by atoms with Crippen molar-refractivity contribution in [3.63, 3.8) is 0 Å². The lowest BCUT2D eigenvalue weighted by Crippen LogP contribution is -2.52. The summed E-state index contributed by atoms with van der Waals surface area (Å²) in [5, 5.41) is 12.0. The average molecular weight is 373 g/mol. The van der Waals surface area contributed by atoms with Crippen molar-refractivity contribution in [1.82, 2.24) is 10.2 Å². The predicted molar refractivity (Wildman–Crippen MR) is 102 cm³/mol. The lowest BCUT2D eigenvalue weighted by molar-refractivity contribution is 0.0656. The number of imide groups is 1. The Morgan fingerprint density at radius 3 is 2.43 bits per heavy atom. The number of nitriles is 1. The maximum absolute atomic E-state index is 12.7. The van der Waals surface area contributed by atoms with Crippen LogP contribution in [0, 0.1) is 11.3 Å². The molecule has 2 aromatic rings. The lowest BCUT2D eigenvalue weighted by atomic mass is 9.78. The van der Waals surface area contributed by atoms with Gasteiger partial charge >= 0.3 is 0 Å². The highest BCUT2D eigenvalue weighted by atomic mass is 16.2. The Hall–Kier alpha value is -3.46. The van der Waals surface area contributed by atoms with Crippen molar-refractivity contribution in [2.45, 2.75) is 31.2 Å². The molecule has 0 radical (unpaired) electrons. The summed E-state index contributed by atoms with van der Waals surface area (Å²) in [4.78, 5) is 39.1. The van der Waals surface area contributed by atoms with Crippen LogP contribution in [0.1, 0.15) is 55.9 Å². The summed E-state index contributed by atoms with van der Waals surface area (Å²) in [6, 6.07) is 16.3. The molecule has 0 atom stereocenters. The molecule has 6 nitrogen and oxygen atoms in total. The number of hydrogen-bond donors (Lipinski definition) is 1. The molecule has 4 rings (SSSR count). The minimum absolute atomic E-state index is 0.241. The van der Waals surface area contributed by atoms with Gasteiger partial charge in [-0.3, -0.25) is 19.3 Å². The summed E-state index contributed by atoms with van der Waals surface area (Å²) in [6.07, 6.45) is 2.74. The van der Waals surface area contributed by atoms with Crippen LogP contribution in [0.25, 0.3) is 0 Å². The maximum atomic E-state index is 12.7. The van der Waals surface area contributed by atoms with E-state index < -0.39 is 11.4 Å². The van der Waals surface area contributed by atoms with Gasteiger partial charge in [0.15, 0.2) is 0 Å². The number of carbonyl (C=O) groups excluding carboxylic acids is 3. The Morgan fingerprint density at radius 1 is 1.07 bits per heavy atom. The van der Waals surface area contributed by atoms with Crippen LogP contribution < -0.4 is 5.32 Å². The van der Waals surface area contributed by atoms with E-state index in [4.69, 9.17) is 0 Å².